The van der Waals surface area contributed by atoms with Gasteiger partial charge in [-0.25, -0.2) is 8.42 Å². The molecule has 0 aliphatic carbocycles. The lowest BCUT2D eigenvalue weighted by molar-refractivity contribution is -0.387. The van der Waals surface area contributed by atoms with Crippen LogP contribution in [0.2, 0.25) is 5.02 Å². The molecule has 0 atom stereocenters. The highest BCUT2D eigenvalue weighted by Gasteiger charge is 2.29. The fourth-order valence-corrected chi connectivity index (χ4v) is 2.81. The quantitative estimate of drug-likeness (QED) is 0.639. The monoisotopic (exact) mass is 293 g/mol. The number of nitrogens with two attached hydrogens (primary N) is 1. The molecule has 0 aliphatic heterocycles. The van der Waals surface area contributed by atoms with Gasteiger partial charge in [0.2, 0.25) is 10.0 Å². The van der Waals surface area contributed by atoms with Gasteiger partial charge in [-0.3, -0.25) is 10.1 Å². The Morgan fingerprint density at radius 1 is 1.50 bits per heavy atom. The molecule has 0 spiro atoms. The van der Waals surface area contributed by atoms with E-state index in [2.05, 4.69) is 0 Å². The number of hydrogen-bond acceptors (Lipinski definition) is 5. The smallest absolute Gasteiger partial charge is 0.290 e. The molecule has 1 aromatic rings. The molecule has 0 saturated heterocycles. The van der Waals surface area contributed by atoms with Crippen molar-refractivity contribution in [2.45, 2.75) is 4.90 Å². The average molecular weight is 294 g/mol. The lowest BCUT2D eigenvalue weighted by atomic mass is 10.3. The van der Waals surface area contributed by atoms with E-state index in [1.807, 2.05) is 0 Å². The first kappa shape index (κ1) is 14.8. The molecule has 100 valence electrons. The summed E-state index contributed by atoms with van der Waals surface area (Å²) in [4.78, 5) is 9.66. The second-order valence-corrected chi connectivity index (χ2v) is 5.93. The third kappa shape index (κ3) is 2.96. The number of likely N-dealkylation sites (N-methyl/N-ethyl adjacent to an activating group) is 1. The van der Waals surface area contributed by atoms with Gasteiger partial charge < -0.3 is 5.73 Å². The fourth-order valence-electron chi connectivity index (χ4n) is 1.32. The molecule has 0 aliphatic rings. The molecule has 0 radical (unpaired) electrons. The summed E-state index contributed by atoms with van der Waals surface area (Å²) in [6, 6.07) is 3.41. The van der Waals surface area contributed by atoms with Crippen LogP contribution in [-0.4, -0.2) is 37.8 Å². The molecule has 0 amide bonds. The van der Waals surface area contributed by atoms with Crippen molar-refractivity contribution in [1.29, 1.82) is 0 Å². The summed E-state index contributed by atoms with van der Waals surface area (Å²) in [5.74, 6) is 0. The molecule has 7 nitrogen and oxygen atoms in total. The number of nitro benzene ring substituents is 1. The van der Waals surface area contributed by atoms with Crippen molar-refractivity contribution in [3.63, 3.8) is 0 Å². The molecule has 18 heavy (non-hydrogen) atoms. The lowest BCUT2D eigenvalue weighted by Crippen LogP contribution is -2.32. The van der Waals surface area contributed by atoms with Gasteiger partial charge in [0.05, 0.1) is 4.92 Å². The Labute approximate surface area is 109 Å². The van der Waals surface area contributed by atoms with E-state index in [0.29, 0.717) is 0 Å². The third-order valence-electron chi connectivity index (χ3n) is 2.25. The van der Waals surface area contributed by atoms with E-state index in [4.69, 9.17) is 17.3 Å². The molecule has 0 aromatic heterocycles. The minimum Gasteiger partial charge on any atom is -0.329 e. The number of halogens is 1. The first-order valence-electron chi connectivity index (χ1n) is 4.91. The predicted molar refractivity (Wildman–Crippen MR) is 67.0 cm³/mol. The Morgan fingerprint density at radius 2 is 2.11 bits per heavy atom. The zero-order chi connectivity index (χ0) is 13.9. The molecule has 0 unspecified atom stereocenters. The highest BCUT2D eigenvalue weighted by molar-refractivity contribution is 7.89. The number of rotatable bonds is 5. The zero-order valence-corrected chi connectivity index (χ0v) is 11.1. The van der Waals surface area contributed by atoms with Crippen molar-refractivity contribution >= 4 is 27.3 Å². The van der Waals surface area contributed by atoms with Gasteiger partial charge in [0.1, 0.15) is 0 Å². The van der Waals surface area contributed by atoms with Gasteiger partial charge >= 0.3 is 0 Å². The topological polar surface area (TPSA) is 107 Å². The lowest BCUT2D eigenvalue weighted by Gasteiger charge is -2.16. The average Bonchev–Trinajstić information content (AvgIpc) is 2.28. The summed E-state index contributed by atoms with van der Waals surface area (Å²) in [7, 11) is -2.63. The van der Waals surface area contributed by atoms with E-state index in [1.54, 1.807) is 0 Å². The summed E-state index contributed by atoms with van der Waals surface area (Å²) in [6.45, 7) is 0.194. The Kier molecular flexibility index (Phi) is 4.63. The van der Waals surface area contributed by atoms with Crippen molar-refractivity contribution in [3.05, 3.63) is 33.3 Å². The second-order valence-electron chi connectivity index (χ2n) is 3.48. The Bertz CT molecular complexity index is 561. The highest BCUT2D eigenvalue weighted by atomic mass is 35.5. The van der Waals surface area contributed by atoms with E-state index in [1.165, 1.54) is 13.1 Å². The minimum atomic E-state index is -3.94. The highest BCUT2D eigenvalue weighted by Crippen LogP contribution is 2.28. The van der Waals surface area contributed by atoms with Crippen molar-refractivity contribution < 1.29 is 13.3 Å². The van der Waals surface area contributed by atoms with E-state index in [0.717, 1.165) is 16.4 Å². The first-order valence-corrected chi connectivity index (χ1v) is 6.73. The number of benzene rings is 1. The molecule has 0 saturated carbocycles. The first-order chi connectivity index (χ1) is 8.30. The van der Waals surface area contributed by atoms with E-state index < -0.39 is 25.5 Å². The summed E-state index contributed by atoms with van der Waals surface area (Å²) in [6.07, 6.45) is 0. The van der Waals surface area contributed by atoms with Crippen LogP contribution >= 0.6 is 11.6 Å². The molecule has 1 aromatic carbocycles. The SMILES string of the molecule is CN(CCN)S(=O)(=O)c1ccc(Cl)cc1[N+](=O)[O-]. The summed E-state index contributed by atoms with van der Waals surface area (Å²) in [5, 5.41) is 10.9. The maximum absolute atomic E-state index is 12.1. The van der Waals surface area contributed by atoms with Crippen LogP contribution in [0.4, 0.5) is 5.69 Å². The second kappa shape index (κ2) is 5.61. The molecule has 0 bridgehead atoms. The molecule has 2 N–H and O–H groups in total. The van der Waals surface area contributed by atoms with Crippen LogP contribution in [0.1, 0.15) is 0 Å². The van der Waals surface area contributed by atoms with Gasteiger partial charge in [0.15, 0.2) is 4.90 Å². The normalized spacial score (nSPS) is 11.8. The van der Waals surface area contributed by atoms with Gasteiger partial charge in [-0.05, 0) is 12.1 Å². The van der Waals surface area contributed by atoms with Crippen LogP contribution in [0.5, 0.6) is 0 Å². The van der Waals surface area contributed by atoms with Crippen LogP contribution in [0.3, 0.4) is 0 Å². The molecular formula is C9H12ClN3O4S. The van der Waals surface area contributed by atoms with Gasteiger partial charge in [0.25, 0.3) is 5.69 Å². The van der Waals surface area contributed by atoms with Crippen molar-refractivity contribution in [3.8, 4) is 0 Å². The Hall–Kier alpha value is -1.22. The van der Waals surface area contributed by atoms with Crippen molar-refractivity contribution in [1.82, 2.24) is 4.31 Å². The molecule has 1 rings (SSSR count). The van der Waals surface area contributed by atoms with Crippen molar-refractivity contribution in [2.75, 3.05) is 20.1 Å². The van der Waals surface area contributed by atoms with Crippen LogP contribution in [0, 0.1) is 10.1 Å². The number of sulfonamides is 1. The summed E-state index contributed by atoms with van der Waals surface area (Å²) >= 11 is 5.62. The number of nitrogens with zero attached hydrogens (tertiary/aromatic N) is 2. The molecule has 0 fully saturated rings. The predicted octanol–water partition coefficient (Wildman–Crippen LogP) is 0.827. The maximum Gasteiger partial charge on any atom is 0.290 e. The van der Waals surface area contributed by atoms with E-state index >= 15 is 0 Å². The minimum absolute atomic E-state index is 0.0715. The number of nitro groups is 1. The molecular weight excluding hydrogens is 282 g/mol. The van der Waals surface area contributed by atoms with Crippen LogP contribution in [-0.2, 0) is 10.0 Å². The van der Waals surface area contributed by atoms with Gasteiger partial charge in [-0.2, -0.15) is 4.31 Å². The summed E-state index contributed by atoms with van der Waals surface area (Å²) < 4.78 is 25.1. The summed E-state index contributed by atoms with van der Waals surface area (Å²) in [5.41, 5.74) is 4.72. The zero-order valence-electron chi connectivity index (χ0n) is 9.54. The Morgan fingerprint density at radius 3 is 2.61 bits per heavy atom. The molecule has 9 heteroatoms. The van der Waals surface area contributed by atoms with E-state index in [9.17, 15) is 18.5 Å². The largest absolute Gasteiger partial charge is 0.329 e. The maximum atomic E-state index is 12.1. The third-order valence-corrected chi connectivity index (χ3v) is 4.39. The van der Waals surface area contributed by atoms with Gasteiger partial charge in [-0.15, -0.1) is 0 Å². The standard InChI is InChI=1S/C9H12ClN3O4S/c1-12(5-4-11)18(16,17)9-3-2-7(10)6-8(9)13(14)15/h2-3,6H,4-5,11H2,1H3. The van der Waals surface area contributed by atoms with Crippen LogP contribution < -0.4 is 5.73 Å². The van der Waals surface area contributed by atoms with Gasteiger partial charge in [-0.1, -0.05) is 11.6 Å². The van der Waals surface area contributed by atoms with Crippen LogP contribution in [0.15, 0.2) is 23.1 Å². The van der Waals surface area contributed by atoms with Crippen molar-refractivity contribution in [2.24, 2.45) is 5.73 Å². The molecule has 0 heterocycles. The number of hydrogen-bond donors (Lipinski definition) is 1. The Balaban J connectivity index is 3.37. The fraction of sp³-hybridized carbons (Fsp3) is 0.333. The van der Waals surface area contributed by atoms with E-state index in [-0.39, 0.29) is 18.1 Å². The van der Waals surface area contributed by atoms with Gasteiger partial charge in [0, 0.05) is 31.2 Å². The van der Waals surface area contributed by atoms with Crippen LogP contribution in [0.25, 0.3) is 0 Å².